The van der Waals surface area contributed by atoms with E-state index in [1.165, 1.54) is 0 Å². The largest absolute Gasteiger partial charge is 0.344 e. The van der Waals surface area contributed by atoms with Crippen molar-refractivity contribution in [1.82, 2.24) is 17.6 Å². The minimum Gasteiger partial charge on any atom is -0.344 e. The lowest BCUT2D eigenvalue weighted by Gasteiger charge is -1.79. The Morgan fingerprint density at radius 3 is 1.36 bits per heavy atom. The fourth-order valence-corrected chi connectivity index (χ4v) is 0.508. The van der Waals surface area contributed by atoms with E-state index in [1.807, 2.05) is 0 Å². The Hall–Kier alpha value is -1.20. The van der Waals surface area contributed by atoms with Gasteiger partial charge in [0.25, 0.3) is 0 Å². The average Bonchev–Trinajstić information content (AvgIpc) is 2.20. The number of carbonyl (C=O) groups is 2. The average molecular weight is 161 g/mol. The van der Waals surface area contributed by atoms with Crippen molar-refractivity contribution in [2.24, 2.45) is 0 Å². The Labute approximate surface area is 66.0 Å². The summed E-state index contributed by atoms with van der Waals surface area (Å²) in [5.74, 6) is -0.296. The van der Waals surface area contributed by atoms with Crippen molar-refractivity contribution in [1.29, 1.82) is 0 Å². The Balaban J connectivity index is -0.000000149. The molecule has 0 aromatic carbocycles. The van der Waals surface area contributed by atoms with Crippen LogP contribution in [0.2, 0.25) is 0 Å². The molecule has 11 heavy (non-hydrogen) atoms. The highest BCUT2D eigenvalue weighted by Gasteiger charge is 2.15. The SMILES string of the molecule is C=C.N.N.O=C1CCC(=O)N1. The lowest BCUT2D eigenvalue weighted by molar-refractivity contribution is -0.124. The molecule has 0 radical (unpaired) electrons. The number of carbonyl (C=O) groups excluding carboxylic acids is 2. The van der Waals surface area contributed by atoms with Gasteiger partial charge in [0, 0.05) is 12.8 Å². The van der Waals surface area contributed by atoms with Crippen molar-refractivity contribution in [2.45, 2.75) is 12.8 Å². The summed E-state index contributed by atoms with van der Waals surface area (Å²) in [4.78, 5) is 20.2. The predicted molar refractivity (Wildman–Crippen MR) is 43.7 cm³/mol. The molecule has 0 bridgehead atoms. The van der Waals surface area contributed by atoms with Gasteiger partial charge >= 0.3 is 0 Å². The number of amides is 2. The maximum Gasteiger partial charge on any atom is 0.227 e. The molecule has 2 amide bonds. The number of hydrogen-bond acceptors (Lipinski definition) is 4. The van der Waals surface area contributed by atoms with Gasteiger partial charge in [-0.05, 0) is 0 Å². The Morgan fingerprint density at radius 2 is 1.27 bits per heavy atom. The van der Waals surface area contributed by atoms with Gasteiger partial charge in [-0.3, -0.25) is 14.9 Å². The zero-order chi connectivity index (χ0) is 7.28. The number of imide groups is 1. The fraction of sp³-hybridized carbons (Fsp3) is 0.333. The van der Waals surface area contributed by atoms with Gasteiger partial charge in [0.05, 0.1) is 0 Å². The van der Waals surface area contributed by atoms with Crippen molar-refractivity contribution in [3.8, 4) is 0 Å². The third kappa shape index (κ3) is 6.69. The quantitative estimate of drug-likeness (QED) is 0.355. The molecule has 0 aromatic rings. The standard InChI is InChI=1S/C4H5NO2.C2H4.2H3N/c6-3-1-2-4(7)5-3;1-2;;/h1-2H2,(H,5,6,7);1-2H2;2*1H3. The summed E-state index contributed by atoms with van der Waals surface area (Å²) in [5.41, 5.74) is 0. The molecule has 0 saturated carbocycles. The first-order valence-electron chi connectivity index (χ1n) is 2.62. The Bertz CT molecular complexity index is 122. The van der Waals surface area contributed by atoms with Crippen LogP contribution in [0, 0.1) is 0 Å². The molecule has 1 fully saturated rings. The van der Waals surface area contributed by atoms with Crippen LogP contribution in [0.5, 0.6) is 0 Å². The molecule has 1 heterocycles. The fourth-order valence-electron chi connectivity index (χ4n) is 0.508. The predicted octanol–water partition coefficient (Wildman–Crippen LogP) is 0.549. The highest BCUT2D eigenvalue weighted by atomic mass is 16.2. The minimum absolute atomic E-state index is 0. The molecule has 1 saturated heterocycles. The van der Waals surface area contributed by atoms with E-state index in [1.54, 1.807) is 0 Å². The lowest BCUT2D eigenvalue weighted by Crippen LogP contribution is -2.18. The van der Waals surface area contributed by atoms with Crippen LogP contribution in [0.4, 0.5) is 0 Å². The number of nitrogens with one attached hydrogen (secondary N) is 1. The van der Waals surface area contributed by atoms with E-state index in [9.17, 15) is 9.59 Å². The third-order valence-electron chi connectivity index (χ3n) is 0.858. The Morgan fingerprint density at radius 1 is 1.00 bits per heavy atom. The summed E-state index contributed by atoms with van der Waals surface area (Å²) in [5, 5.41) is 2.14. The van der Waals surface area contributed by atoms with Crippen molar-refractivity contribution >= 4 is 11.8 Å². The van der Waals surface area contributed by atoms with Gasteiger partial charge in [-0.1, -0.05) is 0 Å². The topological polar surface area (TPSA) is 116 Å². The molecular weight excluding hydrogens is 146 g/mol. The van der Waals surface area contributed by atoms with Gasteiger partial charge in [0.1, 0.15) is 0 Å². The van der Waals surface area contributed by atoms with Gasteiger partial charge in [-0.25, -0.2) is 0 Å². The van der Waals surface area contributed by atoms with Crippen LogP contribution in [0.25, 0.3) is 0 Å². The van der Waals surface area contributed by atoms with E-state index in [0.717, 1.165) is 0 Å². The molecule has 1 rings (SSSR count). The molecule has 7 N–H and O–H groups in total. The molecule has 0 unspecified atom stereocenters. The third-order valence-corrected chi connectivity index (χ3v) is 0.858. The minimum atomic E-state index is -0.148. The van der Waals surface area contributed by atoms with Crippen LogP contribution in [0.15, 0.2) is 13.2 Å². The van der Waals surface area contributed by atoms with Crippen LogP contribution in [-0.2, 0) is 9.59 Å². The molecule has 0 aromatic heterocycles. The van der Waals surface area contributed by atoms with E-state index in [4.69, 9.17) is 0 Å². The normalized spacial score (nSPS) is 13.1. The van der Waals surface area contributed by atoms with E-state index < -0.39 is 0 Å². The van der Waals surface area contributed by atoms with Gasteiger partial charge in [-0.2, -0.15) is 0 Å². The first kappa shape index (κ1) is 16.4. The van der Waals surface area contributed by atoms with Crippen LogP contribution < -0.4 is 17.6 Å². The van der Waals surface area contributed by atoms with Crippen molar-refractivity contribution in [3.05, 3.63) is 13.2 Å². The molecular formula is C6H15N3O2. The summed E-state index contributed by atoms with van der Waals surface area (Å²) >= 11 is 0. The maximum absolute atomic E-state index is 10.1. The van der Waals surface area contributed by atoms with E-state index in [0.29, 0.717) is 12.8 Å². The molecule has 1 aliphatic heterocycles. The molecule has 0 spiro atoms. The van der Waals surface area contributed by atoms with Crippen LogP contribution in [-0.4, -0.2) is 11.8 Å². The summed E-state index contributed by atoms with van der Waals surface area (Å²) < 4.78 is 0. The summed E-state index contributed by atoms with van der Waals surface area (Å²) in [6, 6.07) is 0. The first-order valence-corrected chi connectivity index (χ1v) is 2.62. The van der Waals surface area contributed by atoms with Gasteiger partial charge in [-0.15, -0.1) is 13.2 Å². The van der Waals surface area contributed by atoms with Crippen LogP contribution >= 0.6 is 0 Å². The zero-order valence-corrected chi connectivity index (χ0v) is 6.56. The summed E-state index contributed by atoms with van der Waals surface area (Å²) in [6.45, 7) is 6.00. The first-order chi connectivity index (χ1) is 4.29. The Kier molecular flexibility index (Phi) is 13.1. The van der Waals surface area contributed by atoms with E-state index in [2.05, 4.69) is 18.5 Å². The van der Waals surface area contributed by atoms with Gasteiger partial charge in [0.2, 0.25) is 11.8 Å². The van der Waals surface area contributed by atoms with Crippen LogP contribution in [0.3, 0.4) is 0 Å². The molecule has 0 aliphatic carbocycles. The van der Waals surface area contributed by atoms with Crippen LogP contribution in [0.1, 0.15) is 12.8 Å². The second kappa shape index (κ2) is 8.80. The number of hydrogen-bond donors (Lipinski definition) is 3. The highest BCUT2D eigenvalue weighted by molar-refractivity contribution is 6.01. The van der Waals surface area contributed by atoms with E-state index in [-0.39, 0.29) is 24.1 Å². The summed E-state index contributed by atoms with van der Waals surface area (Å²) in [6.07, 6.45) is 0.748. The van der Waals surface area contributed by atoms with E-state index >= 15 is 0 Å². The van der Waals surface area contributed by atoms with Gasteiger partial charge < -0.3 is 12.3 Å². The maximum atomic E-state index is 10.1. The zero-order valence-electron chi connectivity index (χ0n) is 6.56. The second-order valence-electron chi connectivity index (χ2n) is 1.47. The monoisotopic (exact) mass is 161 g/mol. The van der Waals surface area contributed by atoms with Crippen molar-refractivity contribution in [2.75, 3.05) is 0 Å². The molecule has 66 valence electrons. The molecule has 1 aliphatic rings. The number of rotatable bonds is 0. The second-order valence-corrected chi connectivity index (χ2v) is 1.47. The van der Waals surface area contributed by atoms with Crippen molar-refractivity contribution in [3.63, 3.8) is 0 Å². The highest BCUT2D eigenvalue weighted by Crippen LogP contribution is 1.95. The molecule has 0 atom stereocenters. The smallest absolute Gasteiger partial charge is 0.227 e. The van der Waals surface area contributed by atoms with Gasteiger partial charge in [0.15, 0.2) is 0 Å². The summed E-state index contributed by atoms with van der Waals surface area (Å²) in [7, 11) is 0. The van der Waals surface area contributed by atoms with Crippen molar-refractivity contribution < 1.29 is 9.59 Å². The molecule has 5 nitrogen and oxygen atoms in total. The lowest BCUT2D eigenvalue weighted by atomic mass is 10.4. The molecule has 5 heteroatoms.